The molecule has 0 aliphatic carbocycles. The zero-order valence-electron chi connectivity index (χ0n) is 23.8. The van der Waals surface area contributed by atoms with Crippen LogP contribution in [-0.2, 0) is 32.3 Å². The van der Waals surface area contributed by atoms with Crippen molar-refractivity contribution in [2.75, 3.05) is 17.4 Å². The molecule has 0 saturated heterocycles. The highest BCUT2D eigenvalue weighted by Gasteiger charge is 2.36. The molecule has 0 aliphatic heterocycles. The van der Waals surface area contributed by atoms with Crippen LogP contribution in [0.2, 0.25) is 10.0 Å². The van der Waals surface area contributed by atoms with Crippen LogP contribution in [0.5, 0.6) is 0 Å². The van der Waals surface area contributed by atoms with Crippen molar-refractivity contribution >= 4 is 50.7 Å². The van der Waals surface area contributed by atoms with Gasteiger partial charge in [-0.3, -0.25) is 13.9 Å². The van der Waals surface area contributed by atoms with Gasteiger partial charge in [0.1, 0.15) is 12.6 Å². The van der Waals surface area contributed by atoms with Crippen molar-refractivity contribution in [2.45, 2.75) is 57.3 Å². The summed E-state index contributed by atoms with van der Waals surface area (Å²) in [5.41, 5.74) is -0.253. The van der Waals surface area contributed by atoms with Gasteiger partial charge in [-0.15, -0.1) is 0 Å². The number of anilines is 1. The second-order valence-corrected chi connectivity index (χ2v) is 12.6. The molecule has 0 aromatic heterocycles. The summed E-state index contributed by atoms with van der Waals surface area (Å²) in [5, 5.41) is 3.32. The van der Waals surface area contributed by atoms with E-state index >= 15 is 0 Å². The van der Waals surface area contributed by atoms with E-state index in [0.717, 1.165) is 17.7 Å². The van der Waals surface area contributed by atoms with Crippen molar-refractivity contribution in [3.63, 3.8) is 0 Å². The van der Waals surface area contributed by atoms with E-state index in [0.29, 0.717) is 33.9 Å². The Hall–Kier alpha value is -3.28. The highest BCUT2D eigenvalue weighted by molar-refractivity contribution is 7.92. The number of nitrogens with one attached hydrogen (secondary N) is 1. The lowest BCUT2D eigenvalue weighted by molar-refractivity contribution is -0.140. The third-order valence-corrected chi connectivity index (χ3v) is 9.02. The molecular formula is C30H32Cl2F3N3O4S. The van der Waals surface area contributed by atoms with Crippen LogP contribution in [0.25, 0.3) is 0 Å². The van der Waals surface area contributed by atoms with E-state index in [1.54, 1.807) is 38.1 Å². The first kappa shape index (κ1) is 34.2. The Balaban J connectivity index is 2.13. The molecule has 3 aromatic rings. The fourth-order valence-corrected chi connectivity index (χ4v) is 6.20. The first-order valence-electron chi connectivity index (χ1n) is 13.5. The van der Waals surface area contributed by atoms with E-state index in [9.17, 15) is 31.2 Å². The van der Waals surface area contributed by atoms with Crippen LogP contribution in [0.3, 0.4) is 0 Å². The second kappa shape index (κ2) is 14.5. The van der Waals surface area contributed by atoms with Gasteiger partial charge in [-0.05, 0) is 67.8 Å². The summed E-state index contributed by atoms with van der Waals surface area (Å²) in [6.45, 7) is 4.57. The molecule has 0 radical (unpaired) electrons. The summed E-state index contributed by atoms with van der Waals surface area (Å²) >= 11 is 12.4. The molecule has 0 spiro atoms. The summed E-state index contributed by atoms with van der Waals surface area (Å²) in [4.78, 5) is 28.2. The largest absolute Gasteiger partial charge is 0.416 e. The molecule has 13 heteroatoms. The fraction of sp³-hybridized carbons (Fsp3) is 0.333. The van der Waals surface area contributed by atoms with Gasteiger partial charge < -0.3 is 10.2 Å². The van der Waals surface area contributed by atoms with E-state index < -0.39 is 46.2 Å². The molecule has 0 fully saturated rings. The van der Waals surface area contributed by atoms with Gasteiger partial charge in [-0.25, -0.2) is 8.42 Å². The van der Waals surface area contributed by atoms with Gasteiger partial charge in [-0.2, -0.15) is 13.2 Å². The number of nitrogens with zero attached hydrogens (tertiary/aromatic N) is 2. The normalized spacial score (nSPS) is 12.5. The molecule has 2 amide bonds. The Morgan fingerprint density at radius 1 is 0.977 bits per heavy atom. The SMILES string of the molecule is CCCNC(=O)[C@H](CC)N(Cc1ccc(Cl)cc1Cl)C(=O)CN(c1cccc(C(F)(F)F)c1)S(=O)(=O)c1ccc(C)cc1. The summed E-state index contributed by atoms with van der Waals surface area (Å²) in [5.74, 6) is -1.28. The number of sulfonamides is 1. The van der Waals surface area contributed by atoms with Crippen LogP contribution in [-0.4, -0.2) is 44.3 Å². The number of amides is 2. The molecule has 0 heterocycles. The standard InChI is InChI=1S/C30H32Cl2F3N3O4S/c1-4-15-36-29(40)27(5-2)37(18-21-11-12-23(31)17-26(21)32)28(39)19-38(24-8-6-7-22(16-24)30(33,34)35)43(41,42)25-13-9-20(3)10-14-25/h6-14,16-17,27H,4-5,15,18-19H2,1-3H3,(H,36,40)/t27-/m0/s1. The number of hydrogen-bond acceptors (Lipinski definition) is 4. The predicted molar refractivity (Wildman–Crippen MR) is 162 cm³/mol. The van der Waals surface area contributed by atoms with Crippen LogP contribution in [0.15, 0.2) is 71.6 Å². The van der Waals surface area contributed by atoms with Crippen molar-refractivity contribution in [2.24, 2.45) is 0 Å². The van der Waals surface area contributed by atoms with Gasteiger partial charge in [0.2, 0.25) is 11.8 Å². The minimum Gasteiger partial charge on any atom is -0.354 e. The van der Waals surface area contributed by atoms with Crippen molar-refractivity contribution < 1.29 is 31.2 Å². The van der Waals surface area contributed by atoms with Crippen LogP contribution in [0.4, 0.5) is 18.9 Å². The minimum absolute atomic E-state index is 0.167. The highest BCUT2D eigenvalue weighted by atomic mass is 35.5. The maximum atomic E-state index is 14.1. The molecule has 3 aromatic carbocycles. The number of rotatable bonds is 12. The van der Waals surface area contributed by atoms with Crippen molar-refractivity contribution in [3.05, 3.63) is 93.5 Å². The first-order chi connectivity index (χ1) is 20.2. The average molecular weight is 659 g/mol. The van der Waals surface area contributed by atoms with Crippen molar-refractivity contribution in [1.29, 1.82) is 0 Å². The van der Waals surface area contributed by atoms with E-state index in [1.807, 2.05) is 6.92 Å². The second-order valence-electron chi connectivity index (χ2n) is 9.85. The van der Waals surface area contributed by atoms with Crippen LogP contribution >= 0.6 is 23.2 Å². The van der Waals surface area contributed by atoms with Crippen LogP contribution in [0, 0.1) is 6.92 Å². The average Bonchev–Trinajstić information content (AvgIpc) is 2.95. The third-order valence-electron chi connectivity index (χ3n) is 6.64. The third kappa shape index (κ3) is 8.64. The Morgan fingerprint density at radius 2 is 1.65 bits per heavy atom. The fourth-order valence-electron chi connectivity index (χ4n) is 4.32. The summed E-state index contributed by atoms with van der Waals surface area (Å²) < 4.78 is 69.3. The first-order valence-corrected chi connectivity index (χ1v) is 15.7. The molecule has 0 saturated carbocycles. The quantitative estimate of drug-likeness (QED) is 0.231. The van der Waals surface area contributed by atoms with Gasteiger partial charge >= 0.3 is 6.18 Å². The lowest BCUT2D eigenvalue weighted by Crippen LogP contribution is -2.52. The van der Waals surface area contributed by atoms with E-state index in [-0.39, 0.29) is 28.6 Å². The summed E-state index contributed by atoms with van der Waals surface area (Å²) in [6.07, 6.45) is -3.96. The van der Waals surface area contributed by atoms with Gasteiger partial charge in [0.15, 0.2) is 0 Å². The molecule has 7 nitrogen and oxygen atoms in total. The number of halogens is 5. The Labute approximate surface area is 259 Å². The number of carbonyl (C=O) groups excluding carboxylic acids is 2. The lowest BCUT2D eigenvalue weighted by Gasteiger charge is -2.33. The number of hydrogen-bond donors (Lipinski definition) is 1. The zero-order valence-corrected chi connectivity index (χ0v) is 26.1. The molecule has 43 heavy (non-hydrogen) atoms. The highest BCUT2D eigenvalue weighted by Crippen LogP contribution is 2.33. The van der Waals surface area contributed by atoms with Crippen molar-refractivity contribution in [3.8, 4) is 0 Å². The topological polar surface area (TPSA) is 86.8 Å². The minimum atomic E-state index is -4.76. The molecular weight excluding hydrogens is 626 g/mol. The van der Waals surface area contributed by atoms with Gasteiger partial charge in [0.25, 0.3) is 10.0 Å². The molecule has 0 bridgehead atoms. The Bertz CT molecular complexity index is 1550. The number of alkyl halides is 3. The predicted octanol–water partition coefficient (Wildman–Crippen LogP) is 6.85. The molecule has 0 unspecified atom stereocenters. The molecule has 1 atom stereocenters. The monoisotopic (exact) mass is 657 g/mol. The maximum absolute atomic E-state index is 14.1. The van der Waals surface area contributed by atoms with E-state index in [1.165, 1.54) is 29.2 Å². The van der Waals surface area contributed by atoms with Crippen molar-refractivity contribution in [1.82, 2.24) is 10.2 Å². The Morgan fingerprint density at radius 3 is 2.23 bits per heavy atom. The molecule has 1 N–H and O–H groups in total. The maximum Gasteiger partial charge on any atom is 0.416 e. The summed E-state index contributed by atoms with van der Waals surface area (Å²) in [7, 11) is -4.54. The van der Waals surface area contributed by atoms with Crippen LogP contribution < -0.4 is 9.62 Å². The van der Waals surface area contributed by atoms with Gasteiger partial charge in [0, 0.05) is 23.1 Å². The molecule has 0 aliphatic rings. The summed E-state index contributed by atoms with van der Waals surface area (Å²) in [6, 6.07) is 13.0. The molecule has 3 rings (SSSR count). The lowest BCUT2D eigenvalue weighted by atomic mass is 10.1. The van der Waals surface area contributed by atoms with E-state index in [4.69, 9.17) is 23.2 Å². The van der Waals surface area contributed by atoms with Crippen LogP contribution in [0.1, 0.15) is 43.4 Å². The Kier molecular flexibility index (Phi) is 11.5. The van der Waals surface area contributed by atoms with Gasteiger partial charge in [-0.1, -0.05) is 66.9 Å². The smallest absolute Gasteiger partial charge is 0.354 e. The van der Waals surface area contributed by atoms with E-state index in [2.05, 4.69) is 5.32 Å². The van der Waals surface area contributed by atoms with Gasteiger partial charge in [0.05, 0.1) is 16.1 Å². The number of aryl methyl sites for hydroxylation is 1. The zero-order chi connectivity index (χ0) is 31.9. The number of benzene rings is 3. The molecule has 232 valence electrons. The number of carbonyl (C=O) groups is 2.